The third-order valence-corrected chi connectivity index (χ3v) is 4.62. The van der Waals surface area contributed by atoms with Gasteiger partial charge in [0.1, 0.15) is 0 Å². The Hall–Kier alpha value is -2.77. The molecule has 5 nitrogen and oxygen atoms in total. The molecule has 1 unspecified atom stereocenters. The van der Waals surface area contributed by atoms with Gasteiger partial charge in [0.2, 0.25) is 5.62 Å². The number of rotatable bonds is 7. The molecular weight excluding hydrogens is 485 g/mol. The summed E-state index contributed by atoms with van der Waals surface area (Å²) in [6.07, 6.45) is -15.3. The Kier molecular flexibility index (Phi) is 8.27. The van der Waals surface area contributed by atoms with Gasteiger partial charge < -0.3 is 9.47 Å². The molecule has 2 aromatic rings. The van der Waals surface area contributed by atoms with Crippen molar-refractivity contribution in [2.24, 2.45) is 4.99 Å². The fraction of sp³-hybridized carbons (Fsp3) is 0.500. The summed E-state index contributed by atoms with van der Waals surface area (Å²) < 4.78 is 131. The van der Waals surface area contributed by atoms with Crippen LogP contribution in [-0.2, 0) is 29.8 Å². The number of benzene rings is 1. The Bertz CT molecular complexity index is 1060. The van der Waals surface area contributed by atoms with E-state index in [0.29, 0.717) is 18.2 Å². The molecule has 2 rings (SSSR count). The number of alkyl halides is 9. The van der Waals surface area contributed by atoms with Gasteiger partial charge in [-0.25, -0.2) is 9.98 Å². The van der Waals surface area contributed by atoms with Gasteiger partial charge in [-0.3, -0.25) is 4.57 Å². The lowest BCUT2D eigenvalue weighted by Crippen LogP contribution is -2.29. The summed E-state index contributed by atoms with van der Waals surface area (Å²) in [5, 5.41) is 0. The molecule has 0 amide bonds. The van der Waals surface area contributed by atoms with Crippen molar-refractivity contribution in [3.63, 3.8) is 0 Å². The van der Waals surface area contributed by atoms with Gasteiger partial charge in [-0.05, 0) is 32.0 Å². The Labute approximate surface area is 187 Å². The topological polar surface area (TPSA) is 48.6 Å². The highest BCUT2D eigenvalue weighted by Crippen LogP contribution is 2.40. The normalized spacial score (nSPS) is 14.4. The highest BCUT2D eigenvalue weighted by Gasteiger charge is 2.39. The van der Waals surface area contributed by atoms with Crippen LogP contribution in [0.2, 0.25) is 0 Å². The second-order valence-corrected chi connectivity index (χ2v) is 7.04. The van der Waals surface area contributed by atoms with Crippen LogP contribution in [0.1, 0.15) is 37.1 Å². The number of methoxy groups -OCH3 is 1. The molecule has 190 valence electrons. The highest BCUT2D eigenvalue weighted by molar-refractivity contribution is 5.50. The lowest BCUT2D eigenvalue weighted by Gasteiger charge is -2.17. The van der Waals surface area contributed by atoms with Crippen molar-refractivity contribution in [1.29, 1.82) is 0 Å². The van der Waals surface area contributed by atoms with Gasteiger partial charge in [0.25, 0.3) is 0 Å². The average molecular weight is 505 g/mol. The van der Waals surface area contributed by atoms with Crippen LogP contribution < -0.4 is 10.4 Å². The maximum absolute atomic E-state index is 13.5. The van der Waals surface area contributed by atoms with Crippen molar-refractivity contribution < 1.29 is 49.0 Å². The summed E-state index contributed by atoms with van der Waals surface area (Å²) in [4.78, 5) is 6.86. The number of ether oxygens (including phenoxy) is 2. The molecule has 0 radical (unpaired) electrons. The van der Waals surface area contributed by atoms with Gasteiger partial charge in [0, 0.05) is 26.1 Å². The van der Waals surface area contributed by atoms with Crippen LogP contribution in [0.5, 0.6) is 5.88 Å². The SMILES string of the molecule is CCn1c(OCCC(C)OC)cc(C(F)(F)F)nc1=Nc1ccc(C(F)(F)F)cc1C(F)(F)F. The molecule has 0 bridgehead atoms. The van der Waals surface area contributed by atoms with Crippen molar-refractivity contribution in [2.45, 2.75) is 51.4 Å². The first kappa shape index (κ1) is 27.5. The van der Waals surface area contributed by atoms with Crippen LogP contribution in [0.15, 0.2) is 29.3 Å². The Morgan fingerprint density at radius 3 is 2.12 bits per heavy atom. The van der Waals surface area contributed by atoms with E-state index in [1.165, 1.54) is 14.0 Å². The van der Waals surface area contributed by atoms with E-state index in [1.54, 1.807) is 6.92 Å². The summed E-state index contributed by atoms with van der Waals surface area (Å²) in [5.41, 5.74) is -6.71. The fourth-order valence-electron chi connectivity index (χ4n) is 2.73. The third-order valence-electron chi connectivity index (χ3n) is 4.62. The highest BCUT2D eigenvalue weighted by atomic mass is 19.4. The van der Waals surface area contributed by atoms with Crippen LogP contribution in [0.25, 0.3) is 0 Å². The standard InChI is InChI=1S/C20H20F9N3O2/c1-4-32-16(34-8-7-11(2)33-3)10-15(20(27,28)29)31-17(32)30-14-6-5-12(18(21,22)23)9-13(14)19(24,25)26/h5-6,9-11H,4,7-8H2,1-3H3. The molecule has 0 aliphatic carbocycles. The predicted octanol–water partition coefficient (Wildman–Crippen LogP) is 6.00. The molecule has 34 heavy (non-hydrogen) atoms. The van der Waals surface area contributed by atoms with E-state index in [9.17, 15) is 39.5 Å². The van der Waals surface area contributed by atoms with E-state index in [4.69, 9.17) is 9.47 Å². The smallest absolute Gasteiger partial charge is 0.433 e. The van der Waals surface area contributed by atoms with E-state index in [1.807, 2.05) is 0 Å². The molecule has 0 fully saturated rings. The van der Waals surface area contributed by atoms with Gasteiger partial charge in [-0.2, -0.15) is 39.5 Å². The second-order valence-electron chi connectivity index (χ2n) is 7.04. The molecule has 1 aromatic carbocycles. The molecule has 1 heterocycles. The number of hydrogen-bond acceptors (Lipinski definition) is 4. The van der Waals surface area contributed by atoms with Gasteiger partial charge in [-0.15, -0.1) is 0 Å². The van der Waals surface area contributed by atoms with Crippen LogP contribution in [0, 0.1) is 0 Å². The van der Waals surface area contributed by atoms with Crippen molar-refractivity contribution in [1.82, 2.24) is 9.55 Å². The van der Waals surface area contributed by atoms with E-state index < -0.39 is 46.7 Å². The minimum absolute atomic E-state index is 0.0934. The summed E-state index contributed by atoms with van der Waals surface area (Å²) in [6.45, 7) is 2.94. The first-order valence-electron chi connectivity index (χ1n) is 9.75. The van der Waals surface area contributed by atoms with Crippen molar-refractivity contribution in [3.8, 4) is 5.88 Å². The molecule has 0 aliphatic rings. The summed E-state index contributed by atoms with van der Waals surface area (Å²) in [7, 11) is 1.42. The van der Waals surface area contributed by atoms with E-state index >= 15 is 0 Å². The molecule has 0 saturated carbocycles. The van der Waals surface area contributed by atoms with E-state index in [0.717, 1.165) is 4.57 Å². The molecule has 1 aromatic heterocycles. The second kappa shape index (κ2) is 10.2. The summed E-state index contributed by atoms with van der Waals surface area (Å²) in [5.74, 6) is -0.382. The number of hydrogen-bond donors (Lipinski definition) is 0. The first-order chi connectivity index (χ1) is 15.6. The molecule has 0 N–H and O–H groups in total. The predicted molar refractivity (Wildman–Crippen MR) is 101 cm³/mol. The minimum atomic E-state index is -5.27. The first-order valence-corrected chi connectivity index (χ1v) is 9.75. The zero-order chi connectivity index (χ0) is 25.9. The zero-order valence-electron chi connectivity index (χ0n) is 18.1. The monoisotopic (exact) mass is 505 g/mol. The molecular formula is C20H20F9N3O2. The molecule has 0 aliphatic heterocycles. The van der Waals surface area contributed by atoms with Gasteiger partial charge in [0.15, 0.2) is 11.6 Å². The zero-order valence-corrected chi connectivity index (χ0v) is 18.1. The molecule has 14 heteroatoms. The largest absolute Gasteiger partial charge is 0.479 e. The summed E-state index contributed by atoms with van der Waals surface area (Å²) in [6, 6.07) is 1.18. The molecule has 0 spiro atoms. The van der Waals surface area contributed by atoms with E-state index in [-0.39, 0.29) is 37.6 Å². The maximum Gasteiger partial charge on any atom is 0.433 e. The van der Waals surface area contributed by atoms with Crippen LogP contribution in [0.3, 0.4) is 0 Å². The number of halogens is 9. The van der Waals surface area contributed by atoms with Crippen LogP contribution in [-0.4, -0.2) is 29.4 Å². The summed E-state index contributed by atoms with van der Waals surface area (Å²) >= 11 is 0. The average Bonchev–Trinajstić information content (AvgIpc) is 2.71. The fourth-order valence-corrected chi connectivity index (χ4v) is 2.73. The molecule has 0 saturated heterocycles. The van der Waals surface area contributed by atoms with E-state index in [2.05, 4.69) is 9.98 Å². The third kappa shape index (κ3) is 6.87. The Morgan fingerprint density at radius 1 is 0.971 bits per heavy atom. The van der Waals surface area contributed by atoms with Crippen molar-refractivity contribution in [3.05, 3.63) is 46.7 Å². The van der Waals surface area contributed by atoms with Gasteiger partial charge >= 0.3 is 18.5 Å². The van der Waals surface area contributed by atoms with Crippen molar-refractivity contribution in [2.75, 3.05) is 13.7 Å². The van der Waals surface area contributed by atoms with Gasteiger partial charge in [0.05, 0.1) is 29.5 Å². The Balaban J connectivity index is 2.74. The number of aromatic nitrogens is 2. The maximum atomic E-state index is 13.5. The lowest BCUT2D eigenvalue weighted by molar-refractivity contribution is -0.143. The van der Waals surface area contributed by atoms with Crippen LogP contribution in [0.4, 0.5) is 45.2 Å². The minimum Gasteiger partial charge on any atom is -0.479 e. The van der Waals surface area contributed by atoms with Crippen LogP contribution >= 0.6 is 0 Å². The lowest BCUT2D eigenvalue weighted by atomic mass is 10.1. The van der Waals surface area contributed by atoms with Crippen molar-refractivity contribution >= 4 is 5.69 Å². The Morgan fingerprint density at radius 2 is 1.62 bits per heavy atom. The molecule has 1 atom stereocenters. The quantitative estimate of drug-likeness (QED) is 0.434. The number of nitrogens with zero attached hydrogens (tertiary/aromatic N) is 3. The van der Waals surface area contributed by atoms with Gasteiger partial charge in [-0.1, -0.05) is 0 Å².